The summed E-state index contributed by atoms with van der Waals surface area (Å²) in [5.41, 5.74) is -0.131. The monoisotopic (exact) mass is 513 g/mol. The number of hydrogen-bond acceptors (Lipinski definition) is 8. The molecule has 1 unspecified atom stereocenters. The van der Waals surface area contributed by atoms with Gasteiger partial charge >= 0.3 is 24.3 Å². The van der Waals surface area contributed by atoms with E-state index in [2.05, 4.69) is 15.0 Å². The van der Waals surface area contributed by atoms with E-state index in [1.165, 1.54) is 18.3 Å². The Balaban J connectivity index is 1.27. The van der Waals surface area contributed by atoms with Gasteiger partial charge in [0.15, 0.2) is 0 Å². The SMILES string of the molecule is CNC(C1CCN(C(=O)OCc2ccc(OC(F)(F)F)cc2)CC1)[C@]1(C)Cn2cc([N+](=O)[O-])nc2O1. The predicted molar refractivity (Wildman–Crippen MR) is 118 cm³/mol. The number of rotatable bonds is 7. The second-order valence-corrected chi connectivity index (χ2v) is 9.02. The van der Waals surface area contributed by atoms with E-state index >= 15 is 0 Å². The standard InChI is InChI=1S/C22H26F3N5O6/c1-21(13-29-11-17(30(32)33)27-19(29)36-21)18(26-2)15-7-9-28(10-8-15)20(31)34-12-14-3-5-16(6-4-14)35-22(23,24)25/h3-6,11,15,18,26H,7-10,12-13H2,1-2H3/t18?,21-/m0/s1. The molecule has 196 valence electrons. The number of fused-ring (bicyclic) bond motifs is 1. The smallest absolute Gasteiger partial charge is 0.445 e. The summed E-state index contributed by atoms with van der Waals surface area (Å²) < 4.78 is 53.6. The van der Waals surface area contributed by atoms with Crippen LogP contribution in [-0.4, -0.2) is 63.6 Å². The number of alkyl halides is 3. The zero-order chi connectivity index (χ0) is 26.1. The van der Waals surface area contributed by atoms with Gasteiger partial charge in [0, 0.05) is 18.1 Å². The first-order valence-corrected chi connectivity index (χ1v) is 11.3. The minimum atomic E-state index is -4.77. The fourth-order valence-corrected chi connectivity index (χ4v) is 4.89. The highest BCUT2D eigenvalue weighted by molar-refractivity contribution is 5.67. The first kappa shape index (κ1) is 25.5. The van der Waals surface area contributed by atoms with E-state index in [0.29, 0.717) is 38.0 Å². The van der Waals surface area contributed by atoms with Crippen molar-refractivity contribution in [3.05, 3.63) is 46.1 Å². The lowest BCUT2D eigenvalue weighted by molar-refractivity contribution is -0.389. The van der Waals surface area contributed by atoms with Crippen molar-refractivity contribution in [1.29, 1.82) is 0 Å². The first-order chi connectivity index (χ1) is 17.0. The van der Waals surface area contributed by atoms with Gasteiger partial charge in [-0.2, -0.15) is 0 Å². The Bertz CT molecular complexity index is 1080. The van der Waals surface area contributed by atoms with Gasteiger partial charge in [-0.25, -0.2) is 4.79 Å². The molecule has 1 aromatic carbocycles. The molecule has 0 bridgehead atoms. The summed E-state index contributed by atoms with van der Waals surface area (Å²) in [5.74, 6) is -0.435. The van der Waals surface area contributed by atoms with Crippen LogP contribution in [0.25, 0.3) is 0 Å². The quantitative estimate of drug-likeness (QED) is 0.441. The lowest BCUT2D eigenvalue weighted by Gasteiger charge is -2.41. The molecule has 36 heavy (non-hydrogen) atoms. The first-order valence-electron chi connectivity index (χ1n) is 11.3. The summed E-state index contributed by atoms with van der Waals surface area (Å²) in [5, 5.41) is 14.3. The number of imidazole rings is 1. The number of benzene rings is 1. The molecule has 1 N–H and O–H groups in total. The molecule has 2 aliphatic rings. The van der Waals surface area contributed by atoms with Gasteiger partial charge in [0.05, 0.1) is 12.6 Å². The van der Waals surface area contributed by atoms with Crippen molar-refractivity contribution in [2.24, 2.45) is 5.92 Å². The van der Waals surface area contributed by atoms with Gasteiger partial charge in [0.2, 0.25) is 0 Å². The highest BCUT2D eigenvalue weighted by Gasteiger charge is 2.48. The van der Waals surface area contributed by atoms with Crippen LogP contribution in [0.3, 0.4) is 0 Å². The number of aromatic nitrogens is 2. The Labute approximate surface area is 204 Å². The van der Waals surface area contributed by atoms with Gasteiger partial charge < -0.3 is 34.5 Å². The number of nitrogens with one attached hydrogen (secondary N) is 1. The van der Waals surface area contributed by atoms with E-state index in [9.17, 15) is 28.1 Å². The van der Waals surface area contributed by atoms with Crippen molar-refractivity contribution in [3.8, 4) is 11.8 Å². The van der Waals surface area contributed by atoms with Crippen LogP contribution in [-0.2, 0) is 17.9 Å². The van der Waals surface area contributed by atoms with Crippen molar-refractivity contribution in [2.75, 3.05) is 20.1 Å². The summed E-state index contributed by atoms with van der Waals surface area (Å²) >= 11 is 0. The topological polar surface area (TPSA) is 121 Å². The number of amides is 1. The van der Waals surface area contributed by atoms with E-state index in [4.69, 9.17) is 9.47 Å². The summed E-state index contributed by atoms with van der Waals surface area (Å²) in [6.45, 7) is 3.19. The number of likely N-dealkylation sites (N-methyl/N-ethyl adjacent to an activating group) is 1. The third-order valence-corrected chi connectivity index (χ3v) is 6.48. The number of halogens is 3. The summed E-state index contributed by atoms with van der Waals surface area (Å²) in [6, 6.07) is 5.25. The number of ether oxygens (including phenoxy) is 3. The number of carbonyl (C=O) groups excluding carboxylic acids is 1. The minimum Gasteiger partial charge on any atom is -0.445 e. The number of piperidine rings is 1. The number of nitro groups is 1. The van der Waals surface area contributed by atoms with Crippen LogP contribution in [0.5, 0.6) is 11.8 Å². The minimum absolute atomic E-state index is 0.0757. The normalized spacial score (nSPS) is 21.0. The molecule has 2 atom stereocenters. The Morgan fingerprint density at radius 1 is 1.33 bits per heavy atom. The van der Waals surface area contributed by atoms with E-state index in [0.717, 1.165) is 12.1 Å². The molecule has 14 heteroatoms. The Hall–Kier alpha value is -3.55. The van der Waals surface area contributed by atoms with E-state index < -0.39 is 23.0 Å². The molecular formula is C22H26F3N5O6. The van der Waals surface area contributed by atoms with Crippen molar-refractivity contribution in [3.63, 3.8) is 0 Å². The summed E-state index contributed by atoms with van der Waals surface area (Å²) in [4.78, 5) is 28.4. The van der Waals surface area contributed by atoms with Gasteiger partial charge in [-0.1, -0.05) is 12.1 Å². The van der Waals surface area contributed by atoms with Gasteiger partial charge in [-0.3, -0.25) is 4.57 Å². The molecule has 4 rings (SSSR count). The van der Waals surface area contributed by atoms with Gasteiger partial charge in [0.1, 0.15) is 24.2 Å². The molecule has 11 nitrogen and oxygen atoms in total. The highest BCUT2D eigenvalue weighted by Crippen LogP contribution is 2.37. The van der Waals surface area contributed by atoms with Crippen molar-refractivity contribution in [2.45, 2.75) is 50.9 Å². The maximum absolute atomic E-state index is 12.5. The second kappa shape index (κ2) is 9.84. The molecule has 1 fully saturated rings. The van der Waals surface area contributed by atoms with Gasteiger partial charge in [-0.15, -0.1) is 13.2 Å². The molecule has 0 spiro atoms. The van der Waals surface area contributed by atoms with Crippen molar-refractivity contribution in [1.82, 2.24) is 19.8 Å². The van der Waals surface area contributed by atoms with Crippen LogP contribution in [0, 0.1) is 16.0 Å². The molecular weight excluding hydrogens is 487 g/mol. The largest absolute Gasteiger partial charge is 0.573 e. The van der Waals surface area contributed by atoms with Crippen LogP contribution in [0.1, 0.15) is 25.3 Å². The van der Waals surface area contributed by atoms with Crippen LogP contribution in [0.2, 0.25) is 0 Å². The van der Waals surface area contributed by atoms with E-state index in [1.54, 1.807) is 9.47 Å². The fraction of sp³-hybridized carbons (Fsp3) is 0.545. The average Bonchev–Trinajstić information content (AvgIpc) is 3.34. The Kier molecular flexibility index (Phi) is 6.98. The molecule has 3 heterocycles. The van der Waals surface area contributed by atoms with Gasteiger partial charge in [0.25, 0.3) is 0 Å². The zero-order valence-corrected chi connectivity index (χ0v) is 19.7. The molecule has 0 aliphatic carbocycles. The van der Waals surface area contributed by atoms with Crippen LogP contribution in [0.15, 0.2) is 30.5 Å². The number of likely N-dealkylation sites (tertiary alicyclic amines) is 1. The molecule has 0 radical (unpaired) electrons. The van der Waals surface area contributed by atoms with E-state index in [1.807, 2.05) is 14.0 Å². The van der Waals surface area contributed by atoms with Gasteiger partial charge in [-0.05, 0) is 55.4 Å². The fourth-order valence-electron chi connectivity index (χ4n) is 4.89. The summed E-state index contributed by atoms with van der Waals surface area (Å²) in [7, 11) is 1.83. The molecule has 2 aliphatic heterocycles. The molecule has 1 saturated heterocycles. The maximum Gasteiger partial charge on any atom is 0.573 e. The van der Waals surface area contributed by atoms with Crippen LogP contribution >= 0.6 is 0 Å². The van der Waals surface area contributed by atoms with Crippen LogP contribution < -0.4 is 14.8 Å². The predicted octanol–water partition coefficient (Wildman–Crippen LogP) is 3.48. The Morgan fingerprint density at radius 3 is 2.56 bits per heavy atom. The van der Waals surface area contributed by atoms with Crippen LogP contribution in [0.4, 0.5) is 23.8 Å². The lowest BCUT2D eigenvalue weighted by atomic mass is 9.80. The molecule has 2 aromatic rings. The third kappa shape index (κ3) is 5.64. The maximum atomic E-state index is 12.5. The van der Waals surface area contributed by atoms with E-state index in [-0.39, 0.29) is 36.1 Å². The lowest BCUT2D eigenvalue weighted by Crippen LogP contribution is -2.57. The third-order valence-electron chi connectivity index (χ3n) is 6.48. The number of carbonyl (C=O) groups is 1. The summed E-state index contributed by atoms with van der Waals surface area (Å²) in [6.07, 6.45) is -2.53. The Morgan fingerprint density at radius 2 is 2.00 bits per heavy atom. The molecule has 0 saturated carbocycles. The average molecular weight is 513 g/mol. The zero-order valence-electron chi connectivity index (χ0n) is 19.7. The second-order valence-electron chi connectivity index (χ2n) is 9.02. The highest BCUT2D eigenvalue weighted by atomic mass is 19.4. The van der Waals surface area contributed by atoms with Crippen molar-refractivity contribution < 1.29 is 37.1 Å². The number of nitrogens with zero attached hydrogens (tertiary/aromatic N) is 4. The molecule has 1 amide bonds. The van der Waals surface area contributed by atoms with Crippen molar-refractivity contribution >= 4 is 11.9 Å². The molecule has 1 aromatic heterocycles. The number of hydrogen-bond donors (Lipinski definition) is 1.